The second-order valence-electron chi connectivity index (χ2n) is 8.93. The Labute approximate surface area is 162 Å². The zero-order chi connectivity index (χ0) is 19.8. The Morgan fingerprint density at radius 1 is 1.35 bits per heavy atom. The molecule has 1 aliphatic heterocycles. The van der Waals surface area contributed by atoms with E-state index < -0.39 is 5.54 Å². The first-order valence-corrected chi connectivity index (χ1v) is 10.2. The van der Waals surface area contributed by atoms with Crippen LogP contribution in [0, 0.1) is 4.91 Å². The molecule has 6 heteroatoms. The maximum Gasteiger partial charge on any atom is 0.0671 e. The normalized spacial score (nSPS) is 27.2. The molecule has 0 saturated heterocycles. The number of hydrogen-bond donors (Lipinski definition) is 2. The maximum atomic E-state index is 10.9. The van der Waals surface area contributed by atoms with Gasteiger partial charge in [0.15, 0.2) is 0 Å². The van der Waals surface area contributed by atoms with E-state index in [0.717, 1.165) is 30.4 Å². The van der Waals surface area contributed by atoms with Crippen molar-refractivity contribution in [3.8, 4) is 0 Å². The lowest BCUT2D eigenvalue weighted by molar-refractivity contribution is -0.192. The summed E-state index contributed by atoms with van der Waals surface area (Å²) in [6.45, 7) is 15.3. The molecule has 0 spiro atoms. The van der Waals surface area contributed by atoms with Gasteiger partial charge in [-0.15, -0.1) is 4.91 Å². The maximum absolute atomic E-state index is 10.9. The molecule has 0 saturated carbocycles. The van der Waals surface area contributed by atoms with Gasteiger partial charge < -0.3 is 10.5 Å². The highest BCUT2D eigenvalue weighted by Gasteiger charge is 2.51. The molecule has 0 amide bonds. The molecule has 0 aromatic heterocycles. The molecule has 2 rings (SSSR count). The van der Waals surface area contributed by atoms with Crippen LogP contribution < -0.4 is 5.32 Å². The molecule has 2 atom stereocenters. The van der Waals surface area contributed by atoms with E-state index in [1.165, 1.54) is 16.2 Å². The zero-order valence-electron chi connectivity index (χ0n) is 17.1. The average Bonchev–Trinajstić information content (AvgIpc) is 2.74. The highest BCUT2D eigenvalue weighted by atomic mass is 32.2. The molecule has 26 heavy (non-hydrogen) atoms. The van der Waals surface area contributed by atoms with E-state index in [2.05, 4.69) is 76.6 Å². The van der Waals surface area contributed by atoms with Crippen molar-refractivity contribution in [3.63, 3.8) is 0 Å². The third-order valence-corrected chi connectivity index (χ3v) is 6.44. The van der Waals surface area contributed by atoms with E-state index >= 15 is 0 Å². The number of hydrogen-bond acceptors (Lipinski definition) is 6. The number of hydroxylamine groups is 2. The number of nitrogens with zero attached hydrogens (tertiary/aromatic N) is 2. The second-order valence-corrected chi connectivity index (χ2v) is 9.86. The molecule has 1 aliphatic carbocycles. The topological polar surface area (TPSA) is 64.9 Å². The van der Waals surface area contributed by atoms with Crippen LogP contribution in [0.1, 0.15) is 61.3 Å². The van der Waals surface area contributed by atoms with Crippen molar-refractivity contribution in [2.24, 2.45) is 4.58 Å². The van der Waals surface area contributed by atoms with Gasteiger partial charge in [0.2, 0.25) is 0 Å². The first kappa shape index (κ1) is 21.4. The monoisotopic (exact) mass is 379 g/mol. The second kappa shape index (κ2) is 7.58. The third-order valence-electron chi connectivity index (χ3n) is 5.66. The quantitative estimate of drug-likeness (QED) is 0.502. The molecule has 0 radical (unpaired) electrons. The van der Waals surface area contributed by atoms with Crippen molar-refractivity contribution in [3.05, 3.63) is 39.9 Å². The Bertz CT molecular complexity index is 646. The summed E-state index contributed by atoms with van der Waals surface area (Å²) < 4.78 is 3.09. The Balaban J connectivity index is 2.31. The molecule has 0 aromatic rings. The van der Waals surface area contributed by atoms with Gasteiger partial charge in [0.05, 0.1) is 16.3 Å². The predicted octanol–water partition coefficient (Wildman–Crippen LogP) is 4.99. The largest absolute Gasteiger partial charge is 0.312 e. The third kappa shape index (κ3) is 3.98. The van der Waals surface area contributed by atoms with Crippen LogP contribution in [0.4, 0.5) is 0 Å². The van der Waals surface area contributed by atoms with Crippen molar-refractivity contribution in [1.29, 1.82) is 0 Å². The van der Waals surface area contributed by atoms with Crippen molar-refractivity contribution in [2.45, 2.75) is 83.2 Å². The fourth-order valence-electron chi connectivity index (χ4n) is 3.89. The minimum absolute atomic E-state index is 0.0170. The standard InChI is InChI=1S/C20H33N3O2S/c1-8-20(7)16-12-10-14(9-11-15(16)19(5,6)23(20)25)17(26-22-24)13-21-18(2,3)4/h9-11,17,21,25H,8,12-13H2,1-7H3. The van der Waals surface area contributed by atoms with Gasteiger partial charge in [-0.25, -0.2) is 0 Å². The van der Waals surface area contributed by atoms with E-state index in [0.29, 0.717) is 6.54 Å². The average molecular weight is 380 g/mol. The van der Waals surface area contributed by atoms with Crippen LogP contribution in [0.2, 0.25) is 0 Å². The summed E-state index contributed by atoms with van der Waals surface area (Å²) in [4.78, 5) is 10.9. The lowest BCUT2D eigenvalue weighted by atomic mass is 9.86. The molecule has 146 valence electrons. The van der Waals surface area contributed by atoms with Crippen LogP contribution in [0.15, 0.2) is 39.5 Å². The molecule has 2 N–H and O–H groups in total. The fraction of sp³-hybridized carbons (Fsp3) is 0.700. The summed E-state index contributed by atoms with van der Waals surface area (Å²) in [6, 6.07) is 0. The van der Waals surface area contributed by atoms with Crippen LogP contribution in [0.25, 0.3) is 0 Å². The molecule has 2 unspecified atom stereocenters. The first-order valence-electron chi connectivity index (χ1n) is 9.32. The number of nitrogens with one attached hydrogen (secondary N) is 1. The highest BCUT2D eigenvalue weighted by Crippen LogP contribution is 2.48. The summed E-state index contributed by atoms with van der Waals surface area (Å²) in [5, 5.41) is 15.8. The lowest BCUT2D eigenvalue weighted by Gasteiger charge is -2.39. The number of nitroso groups, excluding NO2 is 1. The minimum Gasteiger partial charge on any atom is -0.312 e. The molecule has 5 nitrogen and oxygen atoms in total. The number of rotatable bonds is 6. The summed E-state index contributed by atoms with van der Waals surface area (Å²) >= 11 is 1.08. The molecule has 0 bridgehead atoms. The van der Waals surface area contributed by atoms with Crippen molar-refractivity contribution in [1.82, 2.24) is 10.4 Å². The van der Waals surface area contributed by atoms with Gasteiger partial charge in [-0.1, -0.05) is 25.2 Å². The van der Waals surface area contributed by atoms with Gasteiger partial charge in [0.1, 0.15) is 0 Å². The Morgan fingerprint density at radius 2 is 2.00 bits per heavy atom. The summed E-state index contributed by atoms with van der Waals surface area (Å²) in [7, 11) is 0. The van der Waals surface area contributed by atoms with E-state index in [1.54, 1.807) is 0 Å². The van der Waals surface area contributed by atoms with E-state index in [9.17, 15) is 10.1 Å². The predicted molar refractivity (Wildman–Crippen MR) is 110 cm³/mol. The molecule has 2 aliphatic rings. The van der Waals surface area contributed by atoms with Crippen LogP contribution in [-0.2, 0) is 0 Å². The van der Waals surface area contributed by atoms with E-state index in [1.807, 2.05) is 0 Å². The molecule has 0 fully saturated rings. The van der Waals surface area contributed by atoms with Crippen molar-refractivity contribution in [2.75, 3.05) is 6.54 Å². The Hall–Kier alpha value is -0.950. The molecular formula is C20H33N3O2S. The van der Waals surface area contributed by atoms with Crippen LogP contribution in [0.5, 0.6) is 0 Å². The molecule has 0 aromatic carbocycles. The van der Waals surface area contributed by atoms with Gasteiger partial charge in [0.25, 0.3) is 0 Å². The van der Waals surface area contributed by atoms with E-state index in [-0.39, 0.29) is 16.3 Å². The van der Waals surface area contributed by atoms with Gasteiger partial charge in [-0.2, -0.15) is 5.06 Å². The fourth-order valence-corrected chi connectivity index (χ4v) is 4.45. The van der Waals surface area contributed by atoms with Crippen LogP contribution in [-0.4, -0.2) is 38.7 Å². The summed E-state index contributed by atoms with van der Waals surface area (Å²) in [5.74, 6) is 0. The number of allylic oxidation sites excluding steroid dienone is 2. The smallest absolute Gasteiger partial charge is 0.0671 e. The lowest BCUT2D eigenvalue weighted by Crippen LogP contribution is -2.50. The van der Waals surface area contributed by atoms with Gasteiger partial charge in [-0.3, -0.25) is 0 Å². The zero-order valence-corrected chi connectivity index (χ0v) is 17.9. The SMILES string of the molecule is CCC1(C)C2=C(C=CC(C(CNC(C)(C)C)SN=O)=CC2)C(C)(C)N1O. The Morgan fingerprint density at radius 3 is 2.54 bits per heavy atom. The Kier molecular flexibility index (Phi) is 6.23. The molecular weight excluding hydrogens is 346 g/mol. The van der Waals surface area contributed by atoms with Crippen molar-refractivity contribution < 1.29 is 5.21 Å². The minimum atomic E-state index is -0.435. The van der Waals surface area contributed by atoms with Crippen LogP contribution in [0.3, 0.4) is 0 Å². The first-order chi connectivity index (χ1) is 12.0. The molecule has 1 heterocycles. The van der Waals surface area contributed by atoms with Gasteiger partial charge >= 0.3 is 0 Å². The highest BCUT2D eigenvalue weighted by molar-refractivity contribution is 7.98. The summed E-state index contributed by atoms with van der Waals surface area (Å²) in [6.07, 6.45) is 8.01. The summed E-state index contributed by atoms with van der Waals surface area (Å²) in [5.41, 5.74) is 2.71. The van der Waals surface area contributed by atoms with Crippen LogP contribution >= 0.6 is 11.9 Å². The van der Waals surface area contributed by atoms with Gasteiger partial charge in [-0.05, 0) is 71.1 Å². The van der Waals surface area contributed by atoms with E-state index in [4.69, 9.17) is 0 Å². The van der Waals surface area contributed by atoms with Crippen molar-refractivity contribution >= 4 is 11.9 Å². The van der Waals surface area contributed by atoms with Gasteiger partial charge in [0, 0.05) is 28.6 Å².